The van der Waals surface area contributed by atoms with Crippen molar-refractivity contribution in [3.05, 3.63) is 58.6 Å². The van der Waals surface area contributed by atoms with Gasteiger partial charge in [-0.25, -0.2) is 0 Å². The molecule has 0 atom stereocenters. The van der Waals surface area contributed by atoms with Gasteiger partial charge in [0.05, 0.1) is 11.2 Å². The quantitative estimate of drug-likeness (QED) is 0.752. The van der Waals surface area contributed by atoms with Crippen LogP contribution >= 0.6 is 11.6 Å². The molecule has 0 radical (unpaired) electrons. The van der Waals surface area contributed by atoms with E-state index in [4.69, 9.17) is 25.6 Å². The summed E-state index contributed by atoms with van der Waals surface area (Å²) in [6.07, 6.45) is 0. The van der Waals surface area contributed by atoms with E-state index < -0.39 is 7.12 Å². The molecule has 132 valence electrons. The van der Waals surface area contributed by atoms with Crippen LogP contribution in [-0.4, -0.2) is 18.3 Å². The van der Waals surface area contributed by atoms with Gasteiger partial charge in [0, 0.05) is 10.5 Å². The molecule has 0 spiro atoms. The number of halogens is 1. The first kappa shape index (κ1) is 18.3. The fraction of sp³-hybridized carbons (Fsp3) is 0.400. The normalized spacial score (nSPS) is 18.4. The van der Waals surface area contributed by atoms with Gasteiger partial charge in [-0.05, 0) is 58.4 Å². The number of benzene rings is 2. The summed E-state index contributed by atoms with van der Waals surface area (Å²) in [5.74, 6) is 0.777. The fourth-order valence-corrected chi connectivity index (χ4v) is 2.82. The van der Waals surface area contributed by atoms with Crippen LogP contribution in [0.2, 0.25) is 5.02 Å². The number of rotatable bonds is 4. The first-order chi connectivity index (χ1) is 11.7. The van der Waals surface area contributed by atoms with Crippen LogP contribution in [0.25, 0.3) is 0 Å². The summed E-state index contributed by atoms with van der Waals surface area (Å²) in [6.45, 7) is 10.7. The Morgan fingerprint density at radius 3 is 2.16 bits per heavy atom. The lowest BCUT2D eigenvalue weighted by atomic mass is 9.77. The first-order valence-corrected chi connectivity index (χ1v) is 8.89. The molecule has 2 aromatic rings. The minimum absolute atomic E-state index is 0.380. The second kappa shape index (κ2) is 6.67. The zero-order valence-corrected chi connectivity index (χ0v) is 16.2. The minimum atomic E-state index is -0.440. The predicted octanol–water partition coefficient (Wildman–Crippen LogP) is 4.53. The molecule has 0 bridgehead atoms. The van der Waals surface area contributed by atoms with Crippen molar-refractivity contribution in [3.8, 4) is 5.75 Å². The highest BCUT2D eigenvalue weighted by atomic mass is 35.5. The van der Waals surface area contributed by atoms with E-state index in [0.29, 0.717) is 6.61 Å². The summed E-state index contributed by atoms with van der Waals surface area (Å²) >= 11 is 5.94. The summed E-state index contributed by atoms with van der Waals surface area (Å²) in [6, 6.07) is 13.7. The number of aryl methyl sites for hydroxylation is 1. The molecule has 1 aliphatic heterocycles. The summed E-state index contributed by atoms with van der Waals surface area (Å²) < 4.78 is 18.5. The molecule has 0 unspecified atom stereocenters. The molecular weight excluding hydrogens is 334 g/mol. The van der Waals surface area contributed by atoms with Gasteiger partial charge in [-0.1, -0.05) is 41.4 Å². The number of hydrogen-bond donors (Lipinski definition) is 0. The van der Waals surface area contributed by atoms with Gasteiger partial charge in [0.25, 0.3) is 0 Å². The Kier molecular flexibility index (Phi) is 4.89. The van der Waals surface area contributed by atoms with Gasteiger partial charge in [0.15, 0.2) is 0 Å². The summed E-state index contributed by atoms with van der Waals surface area (Å²) in [4.78, 5) is 0. The molecule has 1 saturated heterocycles. The minimum Gasteiger partial charge on any atom is -0.489 e. The Labute approximate surface area is 155 Å². The largest absolute Gasteiger partial charge is 0.498 e. The second-order valence-electron chi connectivity index (χ2n) is 7.54. The molecule has 0 aromatic heterocycles. The molecule has 0 saturated carbocycles. The third kappa shape index (κ3) is 3.86. The Balaban J connectivity index is 1.83. The first-order valence-electron chi connectivity index (χ1n) is 8.51. The van der Waals surface area contributed by atoms with Gasteiger partial charge in [0.2, 0.25) is 0 Å². The number of ether oxygens (including phenoxy) is 1. The molecule has 3 rings (SSSR count). The van der Waals surface area contributed by atoms with Gasteiger partial charge in [-0.15, -0.1) is 0 Å². The van der Waals surface area contributed by atoms with Crippen LogP contribution in [0.15, 0.2) is 42.5 Å². The standard InChI is InChI=1S/C20H24BClO3/c1-14-6-11-18(23-13-15-7-9-16(22)10-8-15)17(12-14)21-24-19(2,3)20(4,5)25-21/h6-12H,13H2,1-5H3. The van der Waals surface area contributed by atoms with Crippen LogP contribution in [0.3, 0.4) is 0 Å². The highest BCUT2D eigenvalue weighted by Crippen LogP contribution is 2.37. The molecule has 1 heterocycles. The zero-order valence-electron chi connectivity index (χ0n) is 15.4. The maximum Gasteiger partial charge on any atom is 0.498 e. The third-order valence-corrected chi connectivity index (χ3v) is 5.23. The summed E-state index contributed by atoms with van der Waals surface area (Å²) in [5.41, 5.74) is 2.37. The molecule has 0 N–H and O–H groups in total. The highest BCUT2D eigenvalue weighted by molar-refractivity contribution is 6.63. The van der Waals surface area contributed by atoms with Crippen LogP contribution in [-0.2, 0) is 15.9 Å². The monoisotopic (exact) mass is 358 g/mol. The van der Waals surface area contributed by atoms with Crippen molar-refractivity contribution < 1.29 is 14.0 Å². The highest BCUT2D eigenvalue weighted by Gasteiger charge is 2.52. The van der Waals surface area contributed by atoms with Crippen LogP contribution in [0, 0.1) is 6.92 Å². The fourth-order valence-electron chi connectivity index (χ4n) is 2.70. The molecule has 2 aromatic carbocycles. The van der Waals surface area contributed by atoms with Crippen molar-refractivity contribution in [2.45, 2.75) is 52.4 Å². The van der Waals surface area contributed by atoms with Gasteiger partial charge < -0.3 is 14.0 Å². The lowest BCUT2D eigenvalue weighted by Gasteiger charge is -2.32. The SMILES string of the molecule is Cc1ccc(OCc2ccc(Cl)cc2)c(B2OC(C)(C)C(C)(C)O2)c1. The lowest BCUT2D eigenvalue weighted by Crippen LogP contribution is -2.41. The Hall–Kier alpha value is -1.49. The maximum absolute atomic E-state index is 6.19. The van der Waals surface area contributed by atoms with Crippen molar-refractivity contribution >= 4 is 24.2 Å². The van der Waals surface area contributed by atoms with E-state index in [0.717, 1.165) is 27.4 Å². The van der Waals surface area contributed by atoms with Gasteiger partial charge in [0.1, 0.15) is 12.4 Å². The Morgan fingerprint density at radius 2 is 1.56 bits per heavy atom. The molecule has 0 aliphatic carbocycles. The van der Waals surface area contributed by atoms with E-state index in [1.165, 1.54) is 0 Å². The van der Waals surface area contributed by atoms with Gasteiger partial charge in [-0.2, -0.15) is 0 Å². The van der Waals surface area contributed by atoms with Crippen LogP contribution in [0.1, 0.15) is 38.8 Å². The van der Waals surface area contributed by atoms with Gasteiger partial charge in [-0.3, -0.25) is 0 Å². The molecule has 3 nitrogen and oxygen atoms in total. The van der Waals surface area contributed by atoms with Crippen LogP contribution in [0.5, 0.6) is 5.75 Å². The second-order valence-corrected chi connectivity index (χ2v) is 7.98. The van der Waals surface area contributed by atoms with E-state index in [1.807, 2.05) is 36.4 Å². The van der Waals surface area contributed by atoms with E-state index in [1.54, 1.807) is 0 Å². The Bertz CT molecular complexity index is 740. The molecule has 1 aliphatic rings. The van der Waals surface area contributed by atoms with E-state index in [9.17, 15) is 0 Å². The molecular formula is C20H24BClO3. The summed E-state index contributed by atoms with van der Waals surface area (Å²) in [5, 5.41) is 0.719. The molecule has 0 amide bonds. The van der Waals surface area contributed by atoms with Crippen molar-refractivity contribution in [1.82, 2.24) is 0 Å². The van der Waals surface area contributed by atoms with Gasteiger partial charge >= 0.3 is 7.12 Å². The average Bonchev–Trinajstić information content (AvgIpc) is 2.75. The topological polar surface area (TPSA) is 27.7 Å². The molecule has 25 heavy (non-hydrogen) atoms. The smallest absolute Gasteiger partial charge is 0.489 e. The average molecular weight is 359 g/mol. The van der Waals surface area contributed by atoms with E-state index in [-0.39, 0.29) is 11.2 Å². The maximum atomic E-state index is 6.19. The molecule has 1 fully saturated rings. The lowest BCUT2D eigenvalue weighted by molar-refractivity contribution is 0.00578. The van der Waals surface area contributed by atoms with E-state index in [2.05, 4.69) is 40.7 Å². The zero-order chi connectivity index (χ0) is 18.2. The van der Waals surface area contributed by atoms with Crippen molar-refractivity contribution in [1.29, 1.82) is 0 Å². The third-order valence-electron chi connectivity index (χ3n) is 4.98. The van der Waals surface area contributed by atoms with Crippen LogP contribution < -0.4 is 10.2 Å². The Morgan fingerprint density at radius 1 is 0.960 bits per heavy atom. The van der Waals surface area contributed by atoms with Crippen LogP contribution in [0.4, 0.5) is 0 Å². The van der Waals surface area contributed by atoms with Crippen molar-refractivity contribution in [2.75, 3.05) is 0 Å². The van der Waals surface area contributed by atoms with E-state index >= 15 is 0 Å². The molecule has 5 heteroatoms. The number of hydrogen-bond acceptors (Lipinski definition) is 3. The predicted molar refractivity (Wildman–Crippen MR) is 103 cm³/mol. The van der Waals surface area contributed by atoms with Crippen molar-refractivity contribution in [2.24, 2.45) is 0 Å². The summed E-state index contributed by atoms with van der Waals surface area (Å²) in [7, 11) is -0.440. The van der Waals surface area contributed by atoms with Crippen molar-refractivity contribution in [3.63, 3.8) is 0 Å².